The summed E-state index contributed by atoms with van der Waals surface area (Å²) in [7, 11) is 0. The Hall–Kier alpha value is -0.820. The molecule has 1 N–H and O–H groups in total. The van der Waals surface area contributed by atoms with E-state index in [0.29, 0.717) is 10.8 Å². The van der Waals surface area contributed by atoms with Gasteiger partial charge in [0.05, 0.1) is 0 Å². The number of hydrogen-bond donors (Lipinski definition) is 1. The van der Waals surface area contributed by atoms with Gasteiger partial charge in [0.25, 0.3) is 0 Å². The zero-order valence-corrected chi connectivity index (χ0v) is 14.1. The lowest BCUT2D eigenvalue weighted by Gasteiger charge is -2.59. The average molecular weight is 285 g/mol. The maximum absolute atomic E-state index is 3.65. The van der Waals surface area contributed by atoms with Crippen molar-refractivity contribution in [2.24, 2.45) is 5.41 Å². The van der Waals surface area contributed by atoms with Gasteiger partial charge in [0, 0.05) is 12.0 Å². The Kier molecular flexibility index (Phi) is 4.14. The molecule has 2 aliphatic rings. The maximum atomic E-state index is 3.65. The van der Waals surface area contributed by atoms with Gasteiger partial charge in [-0.1, -0.05) is 55.5 Å². The summed E-state index contributed by atoms with van der Waals surface area (Å²) in [5.74, 6) is 0. The van der Waals surface area contributed by atoms with Crippen molar-refractivity contribution < 1.29 is 0 Å². The summed E-state index contributed by atoms with van der Waals surface area (Å²) in [6.45, 7) is 8.96. The molecule has 1 aromatic carbocycles. The van der Waals surface area contributed by atoms with Crippen molar-refractivity contribution in [3.63, 3.8) is 0 Å². The third-order valence-electron chi connectivity index (χ3n) is 5.89. The van der Waals surface area contributed by atoms with Crippen LogP contribution in [0.1, 0.15) is 68.6 Å². The van der Waals surface area contributed by atoms with Crippen molar-refractivity contribution in [1.29, 1.82) is 0 Å². The molecule has 0 atom stereocenters. The molecule has 2 fully saturated rings. The predicted octanol–water partition coefficient (Wildman–Crippen LogP) is 4.90. The molecule has 21 heavy (non-hydrogen) atoms. The van der Waals surface area contributed by atoms with Crippen molar-refractivity contribution in [2.45, 2.75) is 71.1 Å². The van der Waals surface area contributed by atoms with E-state index in [-0.39, 0.29) is 0 Å². The smallest absolute Gasteiger partial charge is 0.00885 e. The van der Waals surface area contributed by atoms with E-state index in [9.17, 15) is 0 Å². The van der Waals surface area contributed by atoms with Crippen molar-refractivity contribution in [2.75, 3.05) is 13.1 Å². The fraction of sp³-hybridized carbons (Fsp3) is 0.700. The highest BCUT2D eigenvalue weighted by molar-refractivity contribution is 5.37. The summed E-state index contributed by atoms with van der Waals surface area (Å²) in [4.78, 5) is 0. The van der Waals surface area contributed by atoms with E-state index in [2.05, 4.69) is 44.3 Å². The monoisotopic (exact) mass is 285 g/mol. The quantitative estimate of drug-likeness (QED) is 0.830. The second-order valence-corrected chi connectivity index (χ2v) is 7.85. The minimum Gasteiger partial charge on any atom is -0.316 e. The Morgan fingerprint density at radius 3 is 2.14 bits per heavy atom. The highest BCUT2D eigenvalue weighted by atomic mass is 14.9. The van der Waals surface area contributed by atoms with Crippen LogP contribution in [0.2, 0.25) is 0 Å². The molecule has 0 aliphatic heterocycles. The van der Waals surface area contributed by atoms with E-state index in [4.69, 9.17) is 0 Å². The molecule has 1 nitrogen and oxygen atoms in total. The van der Waals surface area contributed by atoms with Crippen LogP contribution < -0.4 is 5.32 Å². The van der Waals surface area contributed by atoms with Gasteiger partial charge >= 0.3 is 0 Å². The number of aryl methyl sites for hydroxylation is 2. The van der Waals surface area contributed by atoms with Gasteiger partial charge < -0.3 is 5.32 Å². The number of benzene rings is 1. The van der Waals surface area contributed by atoms with Crippen LogP contribution in [0.3, 0.4) is 0 Å². The summed E-state index contributed by atoms with van der Waals surface area (Å²) < 4.78 is 0. The summed E-state index contributed by atoms with van der Waals surface area (Å²) in [5.41, 5.74) is 5.53. The average Bonchev–Trinajstić information content (AvgIpc) is 2.42. The lowest BCUT2D eigenvalue weighted by atomic mass is 9.46. The topological polar surface area (TPSA) is 12.0 Å². The van der Waals surface area contributed by atoms with Crippen molar-refractivity contribution in [1.82, 2.24) is 5.32 Å². The van der Waals surface area contributed by atoms with Crippen LogP contribution >= 0.6 is 0 Å². The first-order chi connectivity index (χ1) is 10.1. The first kappa shape index (κ1) is 15.1. The number of likely N-dealkylation sites (N-methyl/N-ethyl adjacent to an activating group) is 1. The van der Waals surface area contributed by atoms with Crippen LogP contribution in [0.5, 0.6) is 0 Å². The Balaban J connectivity index is 1.85. The normalized spacial score (nSPS) is 23.0. The van der Waals surface area contributed by atoms with Crippen molar-refractivity contribution in [3.05, 3.63) is 34.9 Å². The largest absolute Gasteiger partial charge is 0.316 e. The zero-order valence-electron chi connectivity index (χ0n) is 14.1. The Bertz CT molecular complexity index is 468. The van der Waals surface area contributed by atoms with E-state index in [0.717, 1.165) is 13.1 Å². The lowest BCUT2D eigenvalue weighted by Crippen LogP contribution is -2.55. The van der Waals surface area contributed by atoms with E-state index in [1.165, 1.54) is 56.1 Å². The van der Waals surface area contributed by atoms with Crippen LogP contribution in [-0.2, 0) is 5.41 Å². The molecule has 2 aliphatic carbocycles. The molecule has 116 valence electrons. The lowest BCUT2D eigenvalue weighted by molar-refractivity contribution is -0.0125. The second kappa shape index (κ2) is 5.76. The molecule has 0 aromatic heterocycles. The van der Waals surface area contributed by atoms with Crippen LogP contribution in [0.25, 0.3) is 0 Å². The first-order valence-electron chi connectivity index (χ1n) is 8.87. The molecule has 0 radical (unpaired) electrons. The Morgan fingerprint density at radius 1 is 0.952 bits per heavy atom. The zero-order chi connectivity index (χ0) is 14.9. The molecule has 1 heteroatoms. The molecular weight excluding hydrogens is 254 g/mol. The number of hydrogen-bond acceptors (Lipinski definition) is 1. The molecule has 0 amide bonds. The molecule has 0 saturated heterocycles. The summed E-state index contributed by atoms with van der Waals surface area (Å²) in [5, 5.41) is 3.65. The van der Waals surface area contributed by atoms with Gasteiger partial charge in [-0.3, -0.25) is 0 Å². The van der Waals surface area contributed by atoms with Gasteiger partial charge in [-0.25, -0.2) is 0 Å². The molecule has 0 heterocycles. The third kappa shape index (κ3) is 2.90. The summed E-state index contributed by atoms with van der Waals surface area (Å²) in [6, 6.07) is 7.19. The summed E-state index contributed by atoms with van der Waals surface area (Å²) >= 11 is 0. The molecule has 1 spiro atoms. The molecule has 0 unspecified atom stereocenters. The van der Waals surface area contributed by atoms with Crippen LogP contribution in [0.4, 0.5) is 0 Å². The first-order valence-corrected chi connectivity index (χ1v) is 8.87. The highest BCUT2D eigenvalue weighted by Crippen LogP contribution is 2.61. The predicted molar refractivity (Wildman–Crippen MR) is 90.9 cm³/mol. The number of rotatable bonds is 4. The molecular formula is C20H31N. The maximum Gasteiger partial charge on any atom is 0.00885 e. The van der Waals surface area contributed by atoms with E-state index < -0.39 is 0 Å². The molecule has 3 rings (SSSR count). The third-order valence-corrected chi connectivity index (χ3v) is 5.89. The molecule has 2 saturated carbocycles. The van der Waals surface area contributed by atoms with Gasteiger partial charge in [0.1, 0.15) is 0 Å². The van der Waals surface area contributed by atoms with Gasteiger partial charge in [-0.05, 0) is 57.1 Å². The van der Waals surface area contributed by atoms with Gasteiger partial charge in [-0.2, -0.15) is 0 Å². The van der Waals surface area contributed by atoms with Gasteiger partial charge in [0.15, 0.2) is 0 Å². The van der Waals surface area contributed by atoms with E-state index in [1.807, 2.05) is 0 Å². The fourth-order valence-corrected chi connectivity index (χ4v) is 5.12. The number of nitrogens with one attached hydrogen (secondary N) is 1. The van der Waals surface area contributed by atoms with Crippen molar-refractivity contribution in [3.8, 4) is 0 Å². The van der Waals surface area contributed by atoms with Crippen LogP contribution in [0.15, 0.2) is 18.2 Å². The minimum absolute atomic E-state index is 0.407. The minimum atomic E-state index is 0.407. The molecule has 1 aromatic rings. The Labute approximate surface area is 130 Å². The van der Waals surface area contributed by atoms with Crippen LogP contribution in [-0.4, -0.2) is 13.1 Å². The van der Waals surface area contributed by atoms with E-state index >= 15 is 0 Å². The Morgan fingerprint density at radius 2 is 1.57 bits per heavy atom. The summed E-state index contributed by atoms with van der Waals surface area (Å²) in [6.07, 6.45) is 10.2. The van der Waals surface area contributed by atoms with Crippen LogP contribution in [0, 0.1) is 19.3 Å². The van der Waals surface area contributed by atoms with Gasteiger partial charge in [-0.15, -0.1) is 0 Å². The second-order valence-electron chi connectivity index (χ2n) is 7.85. The molecule has 0 bridgehead atoms. The van der Waals surface area contributed by atoms with Crippen molar-refractivity contribution >= 4 is 0 Å². The standard InChI is InChI=1S/C20H31N/c1-4-21-15-20(18-11-16(2)10-17(3)12-18)13-19(14-20)8-6-5-7-9-19/h10-12,21H,4-9,13-15H2,1-3H3. The fourth-order valence-electron chi connectivity index (χ4n) is 5.12. The van der Waals surface area contributed by atoms with E-state index in [1.54, 1.807) is 5.56 Å². The van der Waals surface area contributed by atoms with Gasteiger partial charge in [0.2, 0.25) is 0 Å². The SMILES string of the molecule is CCNCC1(c2cc(C)cc(C)c2)CC2(CCCCC2)C1. The highest BCUT2D eigenvalue weighted by Gasteiger charge is 2.54.